The number of aliphatic hydroxyl groups is 1. The van der Waals surface area contributed by atoms with Crippen LogP contribution >= 0.6 is 0 Å². The Morgan fingerprint density at radius 1 is 1.31 bits per heavy atom. The smallest absolute Gasteiger partial charge is 0.134 e. The van der Waals surface area contributed by atoms with Crippen LogP contribution in [-0.4, -0.2) is 22.9 Å². The van der Waals surface area contributed by atoms with Crippen LogP contribution in [0.4, 0.5) is 8.78 Å². The van der Waals surface area contributed by atoms with Crippen molar-refractivity contribution in [3.05, 3.63) is 29.3 Å². The zero-order valence-corrected chi connectivity index (χ0v) is 9.17. The van der Waals surface area contributed by atoms with Crippen LogP contribution in [-0.2, 0) is 0 Å². The van der Waals surface area contributed by atoms with Gasteiger partial charge in [0, 0.05) is 29.8 Å². The summed E-state index contributed by atoms with van der Waals surface area (Å²) in [5.41, 5.74) is 0.00157. The van der Waals surface area contributed by atoms with Gasteiger partial charge in [0.2, 0.25) is 0 Å². The Labute approximate surface area is 92.7 Å². The van der Waals surface area contributed by atoms with E-state index in [1.54, 1.807) is 13.8 Å². The Bertz CT molecular complexity index is 348. The van der Waals surface area contributed by atoms with Gasteiger partial charge in [0.1, 0.15) is 17.4 Å². The van der Waals surface area contributed by atoms with E-state index >= 15 is 0 Å². The van der Waals surface area contributed by atoms with E-state index in [0.717, 1.165) is 12.1 Å². The van der Waals surface area contributed by atoms with Crippen LogP contribution in [0.25, 0.3) is 0 Å². The predicted octanol–water partition coefficient (Wildman–Crippen LogP) is 1.70. The summed E-state index contributed by atoms with van der Waals surface area (Å²) in [6.07, 6.45) is 0. The van der Waals surface area contributed by atoms with Gasteiger partial charge in [-0.05, 0) is 13.8 Å². The van der Waals surface area contributed by atoms with Crippen LogP contribution in [0.2, 0.25) is 0 Å². The van der Waals surface area contributed by atoms with E-state index in [-0.39, 0.29) is 18.2 Å². The third-order valence-electron chi connectivity index (χ3n) is 2.31. The highest BCUT2D eigenvalue weighted by atomic mass is 19.1. The van der Waals surface area contributed by atoms with Gasteiger partial charge < -0.3 is 15.5 Å². The van der Waals surface area contributed by atoms with Crippen molar-refractivity contribution in [2.75, 3.05) is 6.61 Å². The minimum atomic E-state index is -0.818. The van der Waals surface area contributed by atoms with Crippen molar-refractivity contribution in [2.45, 2.75) is 25.9 Å². The molecule has 3 N–H and O–H groups in total. The van der Waals surface area contributed by atoms with Gasteiger partial charge in [-0.15, -0.1) is 0 Å². The third-order valence-corrected chi connectivity index (χ3v) is 2.31. The minimum Gasteiger partial charge on any atom is -0.507 e. The fourth-order valence-corrected chi connectivity index (χ4v) is 1.56. The van der Waals surface area contributed by atoms with Gasteiger partial charge in [-0.3, -0.25) is 0 Å². The first-order valence-corrected chi connectivity index (χ1v) is 5.00. The molecule has 1 aromatic rings. The summed E-state index contributed by atoms with van der Waals surface area (Å²) in [5.74, 6) is -2.05. The molecule has 0 aromatic heterocycles. The van der Waals surface area contributed by atoms with Crippen LogP contribution in [0.3, 0.4) is 0 Å². The number of aromatic hydroxyl groups is 1. The van der Waals surface area contributed by atoms with Gasteiger partial charge in [0.25, 0.3) is 0 Å². The highest BCUT2D eigenvalue weighted by Crippen LogP contribution is 2.28. The number of nitrogens with one attached hydrogen (secondary N) is 1. The second-order valence-electron chi connectivity index (χ2n) is 3.79. The van der Waals surface area contributed by atoms with Crippen molar-refractivity contribution < 1.29 is 19.0 Å². The molecule has 1 unspecified atom stereocenters. The molecule has 16 heavy (non-hydrogen) atoms. The molecule has 0 aliphatic carbocycles. The van der Waals surface area contributed by atoms with Gasteiger partial charge in [-0.1, -0.05) is 0 Å². The predicted molar refractivity (Wildman–Crippen MR) is 56.1 cm³/mol. The number of rotatable bonds is 4. The van der Waals surface area contributed by atoms with Crippen LogP contribution in [0.15, 0.2) is 12.1 Å². The molecule has 0 amide bonds. The molecule has 0 spiro atoms. The van der Waals surface area contributed by atoms with E-state index < -0.39 is 23.4 Å². The number of hydrogen-bond donors (Lipinski definition) is 3. The largest absolute Gasteiger partial charge is 0.507 e. The number of aliphatic hydroxyl groups excluding tert-OH is 1. The molecular weight excluding hydrogens is 216 g/mol. The van der Waals surface area contributed by atoms with Crippen molar-refractivity contribution >= 4 is 0 Å². The summed E-state index contributed by atoms with van der Waals surface area (Å²) in [7, 11) is 0. The Morgan fingerprint density at radius 2 is 1.94 bits per heavy atom. The van der Waals surface area contributed by atoms with Crippen molar-refractivity contribution in [1.82, 2.24) is 5.32 Å². The molecule has 0 heterocycles. The standard InChI is InChI=1S/C11H15F2NO2/c1-6(5-15)14-7(2)11-9(13)3-8(12)4-10(11)16/h3-4,6-7,14-16H,5H2,1-2H3/t6-,7?/m1/s1. The zero-order chi connectivity index (χ0) is 12.3. The summed E-state index contributed by atoms with van der Waals surface area (Å²) < 4.78 is 26.2. The first-order chi connectivity index (χ1) is 7.45. The highest BCUT2D eigenvalue weighted by Gasteiger charge is 2.18. The molecule has 1 aromatic carbocycles. The molecule has 90 valence electrons. The van der Waals surface area contributed by atoms with E-state index in [1.165, 1.54) is 0 Å². The molecule has 0 radical (unpaired) electrons. The number of halogens is 2. The van der Waals surface area contributed by atoms with Crippen molar-refractivity contribution in [3.8, 4) is 5.75 Å². The molecule has 0 aliphatic rings. The average Bonchev–Trinajstić information content (AvgIpc) is 2.15. The van der Waals surface area contributed by atoms with E-state index in [2.05, 4.69) is 5.32 Å². The maximum absolute atomic E-state index is 13.4. The molecule has 0 saturated heterocycles. The molecule has 0 bridgehead atoms. The normalized spacial score (nSPS) is 14.8. The van der Waals surface area contributed by atoms with Gasteiger partial charge in [0.15, 0.2) is 0 Å². The molecule has 2 atom stereocenters. The fraction of sp³-hybridized carbons (Fsp3) is 0.455. The Hall–Kier alpha value is -1.20. The topological polar surface area (TPSA) is 52.5 Å². The lowest BCUT2D eigenvalue weighted by Gasteiger charge is -2.20. The average molecular weight is 231 g/mol. The lowest BCUT2D eigenvalue weighted by atomic mass is 10.1. The highest BCUT2D eigenvalue weighted by molar-refractivity contribution is 5.36. The van der Waals surface area contributed by atoms with Gasteiger partial charge >= 0.3 is 0 Å². The lowest BCUT2D eigenvalue weighted by molar-refractivity contribution is 0.241. The van der Waals surface area contributed by atoms with E-state index in [0.29, 0.717) is 0 Å². The summed E-state index contributed by atoms with van der Waals surface area (Å²) in [6.45, 7) is 3.24. The maximum atomic E-state index is 13.4. The lowest BCUT2D eigenvalue weighted by Crippen LogP contribution is -2.32. The summed E-state index contributed by atoms with van der Waals surface area (Å²) in [6, 6.07) is 0.832. The summed E-state index contributed by atoms with van der Waals surface area (Å²) in [5, 5.41) is 21.2. The van der Waals surface area contributed by atoms with Crippen molar-refractivity contribution in [1.29, 1.82) is 0 Å². The van der Waals surface area contributed by atoms with E-state index in [9.17, 15) is 13.9 Å². The Kier molecular flexibility index (Phi) is 4.20. The quantitative estimate of drug-likeness (QED) is 0.739. The number of benzene rings is 1. The number of hydrogen-bond acceptors (Lipinski definition) is 3. The molecule has 0 aliphatic heterocycles. The minimum absolute atomic E-state index is 0.00157. The van der Waals surface area contributed by atoms with Crippen LogP contribution in [0.1, 0.15) is 25.5 Å². The monoisotopic (exact) mass is 231 g/mol. The molecule has 1 rings (SSSR count). The van der Waals surface area contributed by atoms with Gasteiger partial charge in [-0.2, -0.15) is 0 Å². The zero-order valence-electron chi connectivity index (χ0n) is 9.17. The molecule has 3 nitrogen and oxygen atoms in total. The Morgan fingerprint density at radius 3 is 2.44 bits per heavy atom. The maximum Gasteiger partial charge on any atom is 0.134 e. The molecular formula is C11H15F2NO2. The number of phenolic OH excluding ortho intramolecular Hbond substituents is 1. The SMILES string of the molecule is CC(N[C@H](C)CO)c1c(O)cc(F)cc1F. The van der Waals surface area contributed by atoms with Crippen molar-refractivity contribution in [2.24, 2.45) is 0 Å². The van der Waals surface area contributed by atoms with Crippen molar-refractivity contribution in [3.63, 3.8) is 0 Å². The Balaban J connectivity index is 2.95. The second kappa shape index (κ2) is 5.23. The summed E-state index contributed by atoms with van der Waals surface area (Å²) >= 11 is 0. The second-order valence-corrected chi connectivity index (χ2v) is 3.79. The molecule has 0 fully saturated rings. The third kappa shape index (κ3) is 2.90. The molecule has 0 saturated carbocycles. The van der Waals surface area contributed by atoms with Crippen LogP contribution in [0, 0.1) is 11.6 Å². The molecule has 5 heteroatoms. The number of phenols is 1. The van der Waals surface area contributed by atoms with Gasteiger partial charge in [0.05, 0.1) is 6.61 Å². The van der Waals surface area contributed by atoms with E-state index in [4.69, 9.17) is 5.11 Å². The first kappa shape index (κ1) is 12.9. The van der Waals surface area contributed by atoms with Crippen LogP contribution in [0.5, 0.6) is 5.75 Å². The fourth-order valence-electron chi connectivity index (χ4n) is 1.56. The summed E-state index contributed by atoms with van der Waals surface area (Å²) in [4.78, 5) is 0. The van der Waals surface area contributed by atoms with Gasteiger partial charge in [-0.25, -0.2) is 8.78 Å². The van der Waals surface area contributed by atoms with E-state index in [1.807, 2.05) is 0 Å². The first-order valence-electron chi connectivity index (χ1n) is 5.00. The van der Waals surface area contributed by atoms with Crippen LogP contribution < -0.4 is 5.32 Å².